The molecule has 0 radical (unpaired) electrons. The molecule has 116 valence electrons. The van der Waals surface area contributed by atoms with E-state index in [0.29, 0.717) is 19.5 Å². The number of para-hydroxylation sites is 1. The first-order valence-corrected chi connectivity index (χ1v) is 7.90. The van der Waals surface area contributed by atoms with Crippen LogP contribution < -0.4 is 10.6 Å². The largest absolute Gasteiger partial charge is 0.378 e. The van der Waals surface area contributed by atoms with Gasteiger partial charge in [-0.3, -0.25) is 4.79 Å². The number of nitrogens with two attached hydrogens (primary N) is 1. The lowest BCUT2D eigenvalue weighted by molar-refractivity contribution is -0.122. The van der Waals surface area contributed by atoms with E-state index < -0.39 is 0 Å². The van der Waals surface area contributed by atoms with Gasteiger partial charge in [0.05, 0.1) is 12.5 Å². The smallest absolute Gasteiger partial charge is 0.229 e. The lowest BCUT2D eigenvalue weighted by Gasteiger charge is -2.28. The quantitative estimate of drug-likeness (QED) is 0.876. The van der Waals surface area contributed by atoms with E-state index in [-0.39, 0.29) is 12.0 Å². The summed E-state index contributed by atoms with van der Waals surface area (Å²) in [4.78, 5) is 14.6. The van der Waals surface area contributed by atoms with Crippen molar-refractivity contribution >= 4 is 11.6 Å². The van der Waals surface area contributed by atoms with Crippen molar-refractivity contribution in [1.82, 2.24) is 0 Å². The molecule has 1 aliphatic heterocycles. The molecule has 1 atom stereocenters. The number of hydrogen-bond acceptors (Lipinski definition) is 3. The number of aryl methyl sites for hydroxylation is 1. The molecule has 4 heteroatoms. The first-order chi connectivity index (χ1) is 10.2. The Kier molecular flexibility index (Phi) is 6.21. The molecule has 1 heterocycles. The molecular weight excluding hydrogens is 264 g/mol. The molecule has 0 bridgehead atoms. The molecule has 0 spiro atoms. The minimum absolute atomic E-state index is 0.0793. The van der Waals surface area contributed by atoms with Crippen molar-refractivity contribution in [2.24, 2.45) is 5.73 Å². The van der Waals surface area contributed by atoms with E-state index in [4.69, 9.17) is 10.5 Å². The maximum absolute atomic E-state index is 12.7. The summed E-state index contributed by atoms with van der Waals surface area (Å²) >= 11 is 0. The molecule has 1 saturated heterocycles. The molecule has 0 saturated carbocycles. The van der Waals surface area contributed by atoms with Crippen LogP contribution in [-0.2, 0) is 9.53 Å². The van der Waals surface area contributed by atoms with Crippen molar-refractivity contribution in [1.29, 1.82) is 0 Å². The number of anilines is 1. The van der Waals surface area contributed by atoms with Crippen LogP contribution in [0.5, 0.6) is 0 Å². The monoisotopic (exact) mass is 290 g/mol. The third-order valence-electron chi connectivity index (χ3n) is 3.97. The van der Waals surface area contributed by atoms with E-state index in [1.54, 1.807) is 0 Å². The van der Waals surface area contributed by atoms with Crippen LogP contribution in [0, 0.1) is 6.92 Å². The van der Waals surface area contributed by atoms with Gasteiger partial charge in [0.15, 0.2) is 0 Å². The van der Waals surface area contributed by atoms with E-state index in [2.05, 4.69) is 0 Å². The van der Waals surface area contributed by atoms with Gasteiger partial charge in [-0.25, -0.2) is 0 Å². The van der Waals surface area contributed by atoms with E-state index >= 15 is 0 Å². The number of benzene rings is 1. The zero-order chi connectivity index (χ0) is 15.1. The number of hydrogen-bond donors (Lipinski definition) is 1. The second kappa shape index (κ2) is 8.15. The summed E-state index contributed by atoms with van der Waals surface area (Å²) in [6.07, 6.45) is 4.62. The standard InChI is InChI=1S/C17H26N2O2/c1-14-7-2-3-9-16(14)19(11-6-10-18)17(20)13-15-8-4-5-12-21-15/h2-3,7,9,15H,4-6,8,10-13,18H2,1H3. The van der Waals surface area contributed by atoms with Gasteiger partial charge >= 0.3 is 0 Å². The van der Waals surface area contributed by atoms with Crippen LogP contribution in [-0.4, -0.2) is 31.7 Å². The molecule has 0 aliphatic carbocycles. The van der Waals surface area contributed by atoms with E-state index in [0.717, 1.165) is 43.5 Å². The Balaban J connectivity index is 2.07. The first kappa shape index (κ1) is 16.0. The number of carbonyl (C=O) groups excluding carboxylic acids is 1. The summed E-state index contributed by atoms with van der Waals surface area (Å²) in [5.41, 5.74) is 7.73. The molecule has 2 rings (SSSR count). The average molecular weight is 290 g/mol. The molecule has 1 amide bonds. The molecule has 2 N–H and O–H groups in total. The Hall–Kier alpha value is -1.39. The fourth-order valence-electron chi connectivity index (χ4n) is 2.77. The molecular formula is C17H26N2O2. The predicted octanol–water partition coefficient (Wildman–Crippen LogP) is 2.64. The van der Waals surface area contributed by atoms with Gasteiger partial charge in [-0.05, 0) is 50.8 Å². The fourth-order valence-corrected chi connectivity index (χ4v) is 2.77. The summed E-state index contributed by atoms with van der Waals surface area (Å²) < 4.78 is 5.70. The maximum atomic E-state index is 12.7. The van der Waals surface area contributed by atoms with E-state index in [1.165, 1.54) is 0 Å². The van der Waals surface area contributed by atoms with Crippen LogP contribution >= 0.6 is 0 Å². The van der Waals surface area contributed by atoms with E-state index in [9.17, 15) is 4.79 Å². The molecule has 1 aliphatic rings. The minimum atomic E-state index is 0.0793. The van der Waals surface area contributed by atoms with Crippen molar-refractivity contribution in [3.8, 4) is 0 Å². The van der Waals surface area contributed by atoms with Crippen molar-refractivity contribution in [2.75, 3.05) is 24.6 Å². The van der Waals surface area contributed by atoms with E-state index in [1.807, 2.05) is 36.1 Å². The van der Waals surface area contributed by atoms with Crippen LogP contribution in [0.4, 0.5) is 5.69 Å². The molecule has 21 heavy (non-hydrogen) atoms. The van der Waals surface area contributed by atoms with Crippen LogP contribution in [0.2, 0.25) is 0 Å². The summed E-state index contributed by atoms with van der Waals surface area (Å²) in [6, 6.07) is 8.01. The molecule has 0 aromatic heterocycles. The minimum Gasteiger partial charge on any atom is -0.378 e. The normalized spacial score (nSPS) is 18.5. The highest BCUT2D eigenvalue weighted by atomic mass is 16.5. The van der Waals surface area contributed by atoms with Gasteiger partial charge in [0.25, 0.3) is 0 Å². The molecule has 1 aromatic rings. The SMILES string of the molecule is Cc1ccccc1N(CCCN)C(=O)CC1CCCCO1. The van der Waals surface area contributed by atoms with Crippen LogP contribution in [0.25, 0.3) is 0 Å². The Morgan fingerprint density at radius 1 is 1.38 bits per heavy atom. The Labute approximate surface area is 127 Å². The number of carbonyl (C=O) groups is 1. The van der Waals surface area contributed by atoms with Gasteiger partial charge in [-0.15, -0.1) is 0 Å². The number of ether oxygens (including phenoxy) is 1. The van der Waals surface area contributed by atoms with Gasteiger partial charge in [-0.1, -0.05) is 18.2 Å². The molecule has 1 fully saturated rings. The highest BCUT2D eigenvalue weighted by Crippen LogP contribution is 2.23. The van der Waals surface area contributed by atoms with Gasteiger partial charge in [0.2, 0.25) is 5.91 Å². The fraction of sp³-hybridized carbons (Fsp3) is 0.588. The highest BCUT2D eigenvalue weighted by molar-refractivity contribution is 5.94. The van der Waals surface area contributed by atoms with Crippen molar-refractivity contribution < 1.29 is 9.53 Å². The molecule has 4 nitrogen and oxygen atoms in total. The zero-order valence-corrected chi connectivity index (χ0v) is 12.9. The summed E-state index contributed by atoms with van der Waals surface area (Å²) in [7, 11) is 0. The van der Waals surface area contributed by atoms with Crippen molar-refractivity contribution in [3.63, 3.8) is 0 Å². The van der Waals surface area contributed by atoms with Crippen LogP contribution in [0.3, 0.4) is 0 Å². The summed E-state index contributed by atoms with van der Waals surface area (Å²) in [5, 5.41) is 0. The molecule has 1 aromatic carbocycles. The third kappa shape index (κ3) is 4.55. The Morgan fingerprint density at radius 3 is 2.86 bits per heavy atom. The summed E-state index contributed by atoms with van der Waals surface area (Å²) in [5.74, 6) is 0.143. The topological polar surface area (TPSA) is 55.6 Å². The highest BCUT2D eigenvalue weighted by Gasteiger charge is 2.23. The second-order valence-electron chi connectivity index (χ2n) is 5.67. The summed E-state index contributed by atoms with van der Waals surface area (Å²) in [6.45, 7) is 4.09. The molecule has 1 unspecified atom stereocenters. The predicted molar refractivity (Wildman–Crippen MR) is 85.4 cm³/mol. The lowest BCUT2D eigenvalue weighted by atomic mass is 10.0. The zero-order valence-electron chi connectivity index (χ0n) is 12.9. The first-order valence-electron chi connectivity index (χ1n) is 7.90. The lowest BCUT2D eigenvalue weighted by Crippen LogP contribution is -2.36. The van der Waals surface area contributed by atoms with Gasteiger partial charge in [0, 0.05) is 18.8 Å². The van der Waals surface area contributed by atoms with Gasteiger partial charge in [-0.2, -0.15) is 0 Å². The maximum Gasteiger partial charge on any atom is 0.229 e. The Bertz CT molecular complexity index is 456. The second-order valence-corrected chi connectivity index (χ2v) is 5.67. The third-order valence-corrected chi connectivity index (χ3v) is 3.97. The number of nitrogens with zero attached hydrogens (tertiary/aromatic N) is 1. The van der Waals surface area contributed by atoms with Gasteiger partial charge in [0.1, 0.15) is 0 Å². The Morgan fingerprint density at radius 2 is 2.19 bits per heavy atom. The van der Waals surface area contributed by atoms with Gasteiger partial charge < -0.3 is 15.4 Å². The van der Waals surface area contributed by atoms with Crippen molar-refractivity contribution in [2.45, 2.75) is 45.1 Å². The van der Waals surface area contributed by atoms with Crippen LogP contribution in [0.1, 0.15) is 37.7 Å². The average Bonchev–Trinajstić information content (AvgIpc) is 2.50. The van der Waals surface area contributed by atoms with Crippen LogP contribution in [0.15, 0.2) is 24.3 Å². The number of amides is 1. The number of rotatable bonds is 6. The van der Waals surface area contributed by atoms with Crippen molar-refractivity contribution in [3.05, 3.63) is 29.8 Å².